The largest absolute Gasteiger partial charge is 0.457 e. The molecule has 12 heteroatoms. The number of carbonyl (C=O) groups is 2. The Hall–Kier alpha value is -5.28. The zero-order chi connectivity index (χ0) is 34.0. The minimum absolute atomic E-state index is 0.0486. The van der Waals surface area contributed by atoms with E-state index in [4.69, 9.17) is 22.0 Å². The van der Waals surface area contributed by atoms with Gasteiger partial charge in [0.05, 0.1) is 6.57 Å². The predicted molar refractivity (Wildman–Crippen MR) is 180 cm³/mol. The van der Waals surface area contributed by atoms with Crippen molar-refractivity contribution in [3.8, 4) is 22.8 Å². The van der Waals surface area contributed by atoms with Crippen molar-refractivity contribution in [2.24, 2.45) is 0 Å². The Morgan fingerprint density at radius 3 is 2.50 bits per heavy atom. The smallest absolute Gasteiger partial charge is 0.252 e. The lowest BCUT2D eigenvalue weighted by molar-refractivity contribution is -0.131. The number of hydrogen-bond acceptors (Lipinski definition) is 7. The Morgan fingerprint density at radius 2 is 1.81 bits per heavy atom. The third kappa shape index (κ3) is 6.59. The van der Waals surface area contributed by atoms with E-state index in [9.17, 15) is 9.59 Å². The van der Waals surface area contributed by atoms with Crippen molar-refractivity contribution in [3.63, 3.8) is 0 Å². The van der Waals surface area contributed by atoms with Crippen LogP contribution in [0.25, 0.3) is 21.6 Å². The molecule has 2 amide bonds. The van der Waals surface area contributed by atoms with Gasteiger partial charge in [0.2, 0.25) is 11.6 Å². The zero-order valence-electron chi connectivity index (χ0n) is 27.4. The average molecular weight is 651 g/mol. The Kier molecular flexibility index (Phi) is 9.15. The van der Waals surface area contributed by atoms with Gasteiger partial charge in [-0.2, -0.15) is 0 Å². The summed E-state index contributed by atoms with van der Waals surface area (Å²) in [7, 11) is 0. The van der Waals surface area contributed by atoms with Crippen molar-refractivity contribution >= 4 is 23.1 Å². The monoisotopic (exact) mass is 650 g/mol. The molecule has 248 valence electrons. The van der Waals surface area contributed by atoms with Crippen molar-refractivity contribution in [3.05, 3.63) is 95.8 Å². The molecule has 11 nitrogen and oxygen atoms in total. The van der Waals surface area contributed by atoms with Crippen LogP contribution in [0.2, 0.25) is 0 Å². The third-order valence-electron chi connectivity index (χ3n) is 9.23. The van der Waals surface area contributed by atoms with Gasteiger partial charge in [-0.15, -0.1) is 0 Å². The molecule has 0 spiro atoms. The molecular formula is C36H39FN8O3. The number of imidazole rings is 1. The number of ether oxygens (including phenoxy) is 1. The maximum atomic E-state index is 15.7. The van der Waals surface area contributed by atoms with Gasteiger partial charge in [0.15, 0.2) is 0 Å². The average Bonchev–Trinajstić information content (AvgIpc) is 3.48. The fraction of sp³-hybridized carbons (Fsp3) is 0.361. The number of halogens is 1. The Bertz CT molecular complexity index is 1910. The summed E-state index contributed by atoms with van der Waals surface area (Å²) in [6.45, 7) is 16.8. The fourth-order valence-electron chi connectivity index (χ4n) is 6.64. The number of rotatable bonds is 7. The first-order chi connectivity index (χ1) is 23.1. The van der Waals surface area contributed by atoms with Crippen molar-refractivity contribution < 1.29 is 18.7 Å². The maximum Gasteiger partial charge on any atom is 0.252 e. The zero-order valence-corrected chi connectivity index (χ0v) is 27.4. The molecule has 1 atom stereocenters. The second-order valence-electron chi connectivity index (χ2n) is 12.8. The first-order valence-electron chi connectivity index (χ1n) is 16.1. The van der Waals surface area contributed by atoms with E-state index in [0.717, 1.165) is 6.42 Å². The van der Waals surface area contributed by atoms with Crippen LogP contribution in [0.5, 0.6) is 11.5 Å². The van der Waals surface area contributed by atoms with Crippen LogP contribution >= 0.6 is 0 Å². The van der Waals surface area contributed by atoms with E-state index in [2.05, 4.69) is 14.7 Å². The lowest BCUT2D eigenvalue weighted by atomic mass is 9.96. The summed E-state index contributed by atoms with van der Waals surface area (Å²) < 4.78 is 23.3. The van der Waals surface area contributed by atoms with Crippen molar-refractivity contribution in [1.29, 1.82) is 0 Å². The Balaban J connectivity index is 1.25. The van der Waals surface area contributed by atoms with Gasteiger partial charge in [0.1, 0.15) is 40.2 Å². The van der Waals surface area contributed by atoms with E-state index >= 15 is 4.39 Å². The number of nitrogens with zero attached hydrogens (tertiary/aromatic N) is 7. The number of piperidine rings is 1. The summed E-state index contributed by atoms with van der Waals surface area (Å²) in [5.74, 6) is 0.821. The summed E-state index contributed by atoms with van der Waals surface area (Å²) in [5.41, 5.74) is 6.96. The molecule has 0 unspecified atom stereocenters. The van der Waals surface area contributed by atoms with Crippen molar-refractivity contribution in [1.82, 2.24) is 29.1 Å². The molecule has 0 radical (unpaired) electrons. The number of piperazine rings is 1. The number of likely N-dealkylation sites (tertiary alicyclic amines) is 1. The van der Waals surface area contributed by atoms with E-state index in [1.807, 2.05) is 41.3 Å². The van der Waals surface area contributed by atoms with Gasteiger partial charge in [-0.3, -0.25) is 18.9 Å². The molecule has 2 aliphatic rings. The van der Waals surface area contributed by atoms with E-state index < -0.39 is 11.4 Å². The van der Waals surface area contributed by atoms with Crippen LogP contribution < -0.4 is 10.5 Å². The second-order valence-corrected chi connectivity index (χ2v) is 12.8. The normalized spacial score (nSPS) is 17.7. The number of nitrogens with two attached hydrogens (primary N) is 1. The molecule has 2 aliphatic heterocycles. The van der Waals surface area contributed by atoms with Crippen LogP contribution in [0.4, 0.5) is 10.2 Å². The number of nitrogen functional groups attached to an aromatic ring is 1. The van der Waals surface area contributed by atoms with Gasteiger partial charge in [-0.1, -0.05) is 24.3 Å². The molecule has 4 aromatic rings. The summed E-state index contributed by atoms with van der Waals surface area (Å²) in [5, 5.41) is 0. The number of hydrogen-bond donors (Lipinski definition) is 1. The highest BCUT2D eigenvalue weighted by molar-refractivity contribution is 5.95. The topological polar surface area (TPSA) is 114 Å². The summed E-state index contributed by atoms with van der Waals surface area (Å²) >= 11 is 0. The van der Waals surface area contributed by atoms with Crippen molar-refractivity contribution in [2.45, 2.75) is 45.1 Å². The molecule has 0 aliphatic carbocycles. The summed E-state index contributed by atoms with van der Waals surface area (Å²) in [4.78, 5) is 44.2. The third-order valence-corrected chi connectivity index (χ3v) is 9.23. The van der Waals surface area contributed by atoms with E-state index in [1.165, 1.54) is 6.07 Å². The van der Waals surface area contributed by atoms with Crippen LogP contribution in [-0.4, -0.2) is 85.7 Å². The standard InChI is InChI=1S/C36H39FN8O3/c1-24(46)42-17-19-44(20-18-42)36(2,3)22-30(39-4)35(47)43-15-8-9-25(23-43)34-41-31(32-33(38)40-14-16-45(32)34)28-13-12-27(21-29(28)37)48-26-10-6-5-7-11-26/h5-7,10-14,16,21-22,25H,8-9,15,17-20,23H2,1-3H3,(H2,38,40)/b30-22-/t25-/m1/s1. The summed E-state index contributed by atoms with van der Waals surface area (Å²) in [6, 6.07) is 13.8. The first-order valence-corrected chi connectivity index (χ1v) is 16.1. The van der Waals surface area contributed by atoms with Gasteiger partial charge >= 0.3 is 0 Å². The minimum Gasteiger partial charge on any atom is -0.457 e. The van der Waals surface area contributed by atoms with E-state index in [0.29, 0.717) is 74.2 Å². The van der Waals surface area contributed by atoms with Crippen LogP contribution in [0.1, 0.15) is 45.4 Å². The highest BCUT2D eigenvalue weighted by Gasteiger charge is 2.34. The van der Waals surface area contributed by atoms with Crippen LogP contribution in [0, 0.1) is 12.4 Å². The lowest BCUT2D eigenvalue weighted by Crippen LogP contribution is -2.55. The quantitative estimate of drug-likeness (QED) is 0.212. The lowest BCUT2D eigenvalue weighted by Gasteiger charge is -2.43. The van der Waals surface area contributed by atoms with Crippen molar-refractivity contribution in [2.75, 3.05) is 45.0 Å². The molecule has 2 fully saturated rings. The Labute approximate surface area is 279 Å². The highest BCUT2D eigenvalue weighted by Crippen LogP contribution is 2.36. The van der Waals surface area contributed by atoms with Gasteiger partial charge in [0.25, 0.3) is 5.91 Å². The number of benzene rings is 2. The number of carbonyl (C=O) groups excluding carboxylic acids is 2. The van der Waals surface area contributed by atoms with Crippen LogP contribution in [0.15, 0.2) is 72.7 Å². The molecule has 48 heavy (non-hydrogen) atoms. The van der Waals surface area contributed by atoms with Crippen LogP contribution in [0.3, 0.4) is 0 Å². The molecule has 6 rings (SSSR count). The van der Waals surface area contributed by atoms with Gasteiger partial charge in [-0.05, 0) is 51.0 Å². The molecule has 2 saturated heterocycles. The fourth-order valence-corrected chi connectivity index (χ4v) is 6.64. The van der Waals surface area contributed by atoms with Crippen LogP contribution in [-0.2, 0) is 9.59 Å². The van der Waals surface area contributed by atoms with Gasteiger partial charge in [-0.25, -0.2) is 19.2 Å². The number of anilines is 1. The highest BCUT2D eigenvalue weighted by atomic mass is 19.1. The maximum absolute atomic E-state index is 15.7. The number of para-hydroxylation sites is 1. The molecule has 2 aromatic heterocycles. The molecule has 2 N–H and O–H groups in total. The second kappa shape index (κ2) is 13.4. The predicted octanol–water partition coefficient (Wildman–Crippen LogP) is 5.36. The van der Waals surface area contributed by atoms with Gasteiger partial charge in [0, 0.05) is 81.7 Å². The number of fused-ring (bicyclic) bond motifs is 1. The molecule has 0 bridgehead atoms. The van der Waals surface area contributed by atoms with E-state index in [-0.39, 0.29) is 34.8 Å². The molecule has 4 heterocycles. The molecule has 2 aromatic carbocycles. The summed E-state index contributed by atoms with van der Waals surface area (Å²) in [6.07, 6.45) is 6.54. The first kappa shape index (κ1) is 32.7. The molecule has 0 saturated carbocycles. The SMILES string of the molecule is [C-]#[N+]/C(=C\C(C)(C)N1CCN(C(C)=O)CC1)C(=O)N1CCC[C@@H](c2nc(-c3ccc(Oc4ccccc4)cc3F)c3c(N)nccn23)C1. The number of aromatic nitrogens is 3. The Morgan fingerprint density at radius 1 is 1.06 bits per heavy atom. The van der Waals surface area contributed by atoms with E-state index in [1.54, 1.807) is 54.6 Å². The molecular weight excluding hydrogens is 611 g/mol. The van der Waals surface area contributed by atoms with Gasteiger partial charge < -0.3 is 20.3 Å². The number of amides is 2. The minimum atomic E-state index is -0.557.